The van der Waals surface area contributed by atoms with E-state index in [0.717, 1.165) is 0 Å². The number of hydrogen-bond acceptors (Lipinski definition) is 1. The first-order chi connectivity index (χ1) is 9.12. The molecule has 0 rings (SSSR count). The molecule has 0 aromatic rings. The summed E-state index contributed by atoms with van der Waals surface area (Å²) in [5, 5.41) is 0. The predicted octanol–water partition coefficient (Wildman–Crippen LogP) is 7.14. The van der Waals surface area contributed by atoms with Gasteiger partial charge in [0.25, 0.3) is 0 Å². The van der Waals surface area contributed by atoms with Gasteiger partial charge in [-0.2, -0.15) is 0 Å². The molecule has 124 valence electrons. The fourth-order valence-electron chi connectivity index (χ4n) is 2.30. The van der Waals surface area contributed by atoms with Gasteiger partial charge in [0, 0.05) is 0 Å². The third-order valence-electron chi connectivity index (χ3n) is 2.82. The van der Waals surface area contributed by atoms with Crippen LogP contribution in [0.4, 0.5) is 0 Å². The maximum Gasteiger partial charge on any atom is 0.0605 e. The highest BCUT2D eigenvalue weighted by Crippen LogP contribution is 2.18. The highest BCUT2D eigenvalue weighted by molar-refractivity contribution is 4.68. The SMILES string of the molecule is CC(C)(C)OC(C)(C)C.CCCCCCCCCCC. The highest BCUT2D eigenvalue weighted by atomic mass is 16.5. The average Bonchev–Trinajstić information content (AvgIpc) is 2.24. The van der Waals surface area contributed by atoms with Crippen molar-refractivity contribution in [3.8, 4) is 0 Å². The Labute approximate surface area is 129 Å². The zero-order chi connectivity index (χ0) is 16.1. The van der Waals surface area contributed by atoms with Gasteiger partial charge in [0.2, 0.25) is 0 Å². The number of rotatable bonds is 8. The van der Waals surface area contributed by atoms with E-state index in [9.17, 15) is 0 Å². The van der Waals surface area contributed by atoms with E-state index in [4.69, 9.17) is 4.74 Å². The summed E-state index contributed by atoms with van der Waals surface area (Å²) in [6, 6.07) is 0. The second kappa shape index (κ2) is 12.7. The first-order valence-electron chi connectivity index (χ1n) is 8.82. The Kier molecular flexibility index (Phi) is 14.1. The molecule has 0 amide bonds. The van der Waals surface area contributed by atoms with Crippen LogP contribution in [0.25, 0.3) is 0 Å². The molecule has 0 fully saturated rings. The van der Waals surface area contributed by atoms with Crippen molar-refractivity contribution in [1.29, 1.82) is 0 Å². The van der Waals surface area contributed by atoms with E-state index in [1.165, 1.54) is 57.8 Å². The van der Waals surface area contributed by atoms with Crippen LogP contribution in [0.3, 0.4) is 0 Å². The lowest BCUT2D eigenvalue weighted by Gasteiger charge is -2.30. The van der Waals surface area contributed by atoms with Crippen LogP contribution in [-0.2, 0) is 4.74 Å². The van der Waals surface area contributed by atoms with Gasteiger partial charge in [-0.15, -0.1) is 0 Å². The maximum atomic E-state index is 5.62. The summed E-state index contributed by atoms with van der Waals surface area (Å²) in [7, 11) is 0. The van der Waals surface area contributed by atoms with Crippen molar-refractivity contribution in [3.63, 3.8) is 0 Å². The lowest BCUT2D eigenvalue weighted by atomic mass is 10.1. The molecule has 0 heterocycles. The standard InChI is InChI=1S/C11H24.C8H18O/c1-3-5-7-9-11-10-8-6-4-2;1-7(2,3)9-8(4,5)6/h3-11H2,1-2H3;1-6H3. The Morgan fingerprint density at radius 1 is 0.500 bits per heavy atom. The summed E-state index contributed by atoms with van der Waals surface area (Å²) >= 11 is 0. The molecule has 20 heavy (non-hydrogen) atoms. The molecule has 0 unspecified atom stereocenters. The van der Waals surface area contributed by atoms with Crippen LogP contribution in [-0.4, -0.2) is 11.2 Å². The van der Waals surface area contributed by atoms with Crippen molar-refractivity contribution >= 4 is 0 Å². The van der Waals surface area contributed by atoms with Crippen molar-refractivity contribution < 1.29 is 4.74 Å². The van der Waals surface area contributed by atoms with Gasteiger partial charge in [-0.05, 0) is 41.5 Å². The van der Waals surface area contributed by atoms with Crippen molar-refractivity contribution in [2.45, 2.75) is 124 Å². The van der Waals surface area contributed by atoms with E-state index in [1.807, 2.05) is 0 Å². The third kappa shape index (κ3) is 26.5. The van der Waals surface area contributed by atoms with Gasteiger partial charge in [0.05, 0.1) is 11.2 Å². The van der Waals surface area contributed by atoms with Crippen LogP contribution >= 0.6 is 0 Å². The first kappa shape index (κ1) is 22.2. The summed E-state index contributed by atoms with van der Waals surface area (Å²) in [5.41, 5.74) is -0.0312. The van der Waals surface area contributed by atoms with Crippen LogP contribution in [0.1, 0.15) is 113 Å². The van der Waals surface area contributed by atoms with E-state index >= 15 is 0 Å². The molecule has 0 aliphatic heterocycles. The zero-order valence-corrected chi connectivity index (χ0v) is 15.8. The van der Waals surface area contributed by atoms with Crippen molar-refractivity contribution in [3.05, 3.63) is 0 Å². The Morgan fingerprint density at radius 3 is 0.900 bits per heavy atom. The number of unbranched alkanes of at least 4 members (excludes halogenated alkanes) is 8. The number of ether oxygens (including phenoxy) is 1. The van der Waals surface area contributed by atoms with Crippen LogP contribution in [0.2, 0.25) is 0 Å². The molecule has 0 atom stereocenters. The molecule has 0 N–H and O–H groups in total. The minimum Gasteiger partial charge on any atom is -0.370 e. The topological polar surface area (TPSA) is 9.23 Å². The minimum atomic E-state index is -0.0156. The van der Waals surface area contributed by atoms with Gasteiger partial charge in [-0.25, -0.2) is 0 Å². The Morgan fingerprint density at radius 2 is 0.750 bits per heavy atom. The van der Waals surface area contributed by atoms with Gasteiger partial charge >= 0.3 is 0 Å². The predicted molar refractivity (Wildman–Crippen MR) is 93.5 cm³/mol. The van der Waals surface area contributed by atoms with Crippen molar-refractivity contribution in [2.24, 2.45) is 0 Å². The van der Waals surface area contributed by atoms with Crippen molar-refractivity contribution in [2.75, 3.05) is 0 Å². The monoisotopic (exact) mass is 286 g/mol. The van der Waals surface area contributed by atoms with Gasteiger partial charge in [0.15, 0.2) is 0 Å². The van der Waals surface area contributed by atoms with E-state index < -0.39 is 0 Å². The zero-order valence-electron chi connectivity index (χ0n) is 15.8. The Balaban J connectivity index is 0. The van der Waals surface area contributed by atoms with E-state index in [-0.39, 0.29) is 11.2 Å². The Hall–Kier alpha value is -0.0400. The summed E-state index contributed by atoms with van der Waals surface area (Å²) in [5.74, 6) is 0. The molecule has 0 saturated carbocycles. The van der Waals surface area contributed by atoms with Crippen LogP contribution in [0, 0.1) is 0 Å². The number of hydrogen-bond donors (Lipinski definition) is 0. The summed E-state index contributed by atoms with van der Waals surface area (Å²) in [6.45, 7) is 17.0. The molecular weight excluding hydrogens is 244 g/mol. The van der Waals surface area contributed by atoms with E-state index in [1.54, 1.807) is 0 Å². The van der Waals surface area contributed by atoms with Crippen LogP contribution < -0.4 is 0 Å². The molecule has 0 saturated heterocycles. The molecule has 1 heteroatoms. The van der Waals surface area contributed by atoms with Gasteiger partial charge in [-0.1, -0.05) is 71.6 Å². The summed E-state index contributed by atoms with van der Waals surface area (Å²) in [4.78, 5) is 0. The highest BCUT2D eigenvalue weighted by Gasteiger charge is 2.19. The minimum absolute atomic E-state index is 0.0156. The second-order valence-electron chi connectivity index (χ2n) is 7.80. The first-order valence-corrected chi connectivity index (χ1v) is 8.82. The third-order valence-corrected chi connectivity index (χ3v) is 2.82. The molecule has 0 radical (unpaired) electrons. The molecule has 0 aromatic heterocycles. The molecule has 0 aliphatic carbocycles. The van der Waals surface area contributed by atoms with Gasteiger partial charge in [-0.3, -0.25) is 0 Å². The normalized spacial score (nSPS) is 12.0. The van der Waals surface area contributed by atoms with E-state index in [0.29, 0.717) is 0 Å². The van der Waals surface area contributed by atoms with Gasteiger partial charge in [0.1, 0.15) is 0 Å². The maximum absolute atomic E-state index is 5.62. The quantitative estimate of drug-likeness (QED) is 0.431. The molecule has 0 aromatic carbocycles. The van der Waals surface area contributed by atoms with Crippen LogP contribution in [0.15, 0.2) is 0 Å². The summed E-state index contributed by atoms with van der Waals surface area (Å²) in [6.07, 6.45) is 13.0. The largest absolute Gasteiger partial charge is 0.370 e. The lowest BCUT2D eigenvalue weighted by molar-refractivity contribution is -0.102. The molecule has 0 spiro atoms. The van der Waals surface area contributed by atoms with Gasteiger partial charge < -0.3 is 4.74 Å². The molecule has 1 nitrogen and oxygen atoms in total. The fourth-order valence-corrected chi connectivity index (χ4v) is 2.30. The fraction of sp³-hybridized carbons (Fsp3) is 1.00. The Bertz CT molecular complexity index is 163. The molecule has 0 aliphatic rings. The lowest BCUT2D eigenvalue weighted by Crippen LogP contribution is -2.31. The van der Waals surface area contributed by atoms with E-state index in [2.05, 4.69) is 55.4 Å². The second-order valence-corrected chi connectivity index (χ2v) is 7.80. The smallest absolute Gasteiger partial charge is 0.0605 e. The molecular formula is C19H42O. The average molecular weight is 287 g/mol. The van der Waals surface area contributed by atoms with Crippen LogP contribution in [0.5, 0.6) is 0 Å². The molecule has 0 bridgehead atoms. The van der Waals surface area contributed by atoms with Crippen molar-refractivity contribution in [1.82, 2.24) is 0 Å². The summed E-state index contributed by atoms with van der Waals surface area (Å²) < 4.78 is 5.62.